The van der Waals surface area contributed by atoms with E-state index >= 15 is 0 Å². The quantitative estimate of drug-likeness (QED) is 0.838. The van der Waals surface area contributed by atoms with E-state index in [2.05, 4.69) is 17.3 Å². The Balaban J connectivity index is 1.84. The van der Waals surface area contributed by atoms with Gasteiger partial charge in [0, 0.05) is 25.3 Å². The van der Waals surface area contributed by atoms with Gasteiger partial charge in [-0.3, -0.25) is 0 Å². The zero-order valence-corrected chi connectivity index (χ0v) is 10.4. The minimum atomic E-state index is -0.904. The number of rotatable bonds is 4. The molecule has 2 rings (SSSR count). The van der Waals surface area contributed by atoms with Gasteiger partial charge in [0.1, 0.15) is 0 Å². The molecule has 5 nitrogen and oxygen atoms in total. The number of aromatic carboxylic acids is 1. The smallest absolute Gasteiger partial charge is 0.335 e. The van der Waals surface area contributed by atoms with Crippen LogP contribution in [0.1, 0.15) is 10.4 Å². The van der Waals surface area contributed by atoms with Crippen LogP contribution in [0.4, 0.5) is 5.69 Å². The summed E-state index contributed by atoms with van der Waals surface area (Å²) in [7, 11) is 2.08. The third-order valence-electron chi connectivity index (χ3n) is 3.01. The maximum Gasteiger partial charge on any atom is 0.335 e. The summed E-state index contributed by atoms with van der Waals surface area (Å²) in [5.41, 5.74) is 1.21. The monoisotopic (exact) mass is 250 g/mol. The fraction of sp³-hybridized carbons (Fsp3) is 0.462. The standard InChI is InChI=1S/C13H18N2O3/c1-15-6-7-18-12(9-15)8-14-11-4-2-10(3-5-11)13(16)17/h2-5,12,14H,6-9H2,1H3,(H,16,17). The Labute approximate surface area is 106 Å². The van der Waals surface area contributed by atoms with Gasteiger partial charge in [-0.25, -0.2) is 4.79 Å². The van der Waals surface area contributed by atoms with Crippen LogP contribution < -0.4 is 5.32 Å². The Morgan fingerprint density at radius 1 is 1.50 bits per heavy atom. The van der Waals surface area contributed by atoms with Crippen LogP contribution in [0.3, 0.4) is 0 Å². The predicted octanol–water partition coefficient (Wildman–Crippen LogP) is 1.13. The molecule has 0 amide bonds. The number of benzene rings is 1. The predicted molar refractivity (Wildman–Crippen MR) is 69.1 cm³/mol. The number of nitrogens with zero attached hydrogens (tertiary/aromatic N) is 1. The number of carboxylic acids is 1. The molecule has 1 atom stereocenters. The number of ether oxygens (including phenoxy) is 1. The number of hydrogen-bond acceptors (Lipinski definition) is 4. The molecule has 0 saturated carbocycles. The lowest BCUT2D eigenvalue weighted by Crippen LogP contribution is -2.43. The van der Waals surface area contributed by atoms with E-state index in [1.807, 2.05) is 0 Å². The van der Waals surface area contributed by atoms with Crippen LogP contribution in [0.2, 0.25) is 0 Å². The van der Waals surface area contributed by atoms with Crippen LogP contribution in [0.15, 0.2) is 24.3 Å². The first-order valence-electron chi connectivity index (χ1n) is 6.02. The molecular formula is C13H18N2O3. The van der Waals surface area contributed by atoms with Crippen molar-refractivity contribution in [2.24, 2.45) is 0 Å². The van der Waals surface area contributed by atoms with E-state index in [1.165, 1.54) is 0 Å². The van der Waals surface area contributed by atoms with E-state index < -0.39 is 5.97 Å². The van der Waals surface area contributed by atoms with Gasteiger partial charge in [-0.2, -0.15) is 0 Å². The lowest BCUT2D eigenvalue weighted by Gasteiger charge is -2.30. The van der Waals surface area contributed by atoms with Crippen molar-refractivity contribution in [3.63, 3.8) is 0 Å². The lowest BCUT2D eigenvalue weighted by atomic mass is 10.2. The van der Waals surface area contributed by atoms with E-state index in [4.69, 9.17) is 9.84 Å². The van der Waals surface area contributed by atoms with Crippen molar-refractivity contribution in [1.82, 2.24) is 4.90 Å². The second-order valence-corrected chi connectivity index (χ2v) is 4.52. The SMILES string of the molecule is CN1CCOC(CNc2ccc(C(=O)O)cc2)C1. The fourth-order valence-electron chi connectivity index (χ4n) is 1.95. The molecule has 1 unspecified atom stereocenters. The van der Waals surface area contributed by atoms with Crippen LogP contribution in [-0.2, 0) is 4.74 Å². The molecular weight excluding hydrogens is 232 g/mol. The van der Waals surface area contributed by atoms with E-state index in [1.54, 1.807) is 24.3 Å². The first kappa shape index (κ1) is 12.9. The van der Waals surface area contributed by atoms with Crippen LogP contribution >= 0.6 is 0 Å². The highest BCUT2D eigenvalue weighted by atomic mass is 16.5. The van der Waals surface area contributed by atoms with Gasteiger partial charge in [-0.1, -0.05) is 0 Å². The molecule has 1 fully saturated rings. The molecule has 0 aromatic heterocycles. The van der Waals surface area contributed by atoms with E-state index in [9.17, 15) is 4.79 Å². The summed E-state index contributed by atoms with van der Waals surface area (Å²) >= 11 is 0. The minimum Gasteiger partial charge on any atom is -0.478 e. The second kappa shape index (κ2) is 5.84. The van der Waals surface area contributed by atoms with Crippen molar-refractivity contribution >= 4 is 11.7 Å². The number of carbonyl (C=O) groups is 1. The largest absolute Gasteiger partial charge is 0.478 e. The van der Waals surface area contributed by atoms with Crippen LogP contribution in [0.25, 0.3) is 0 Å². The van der Waals surface area contributed by atoms with Crippen LogP contribution in [-0.4, -0.2) is 55.4 Å². The van der Waals surface area contributed by atoms with Gasteiger partial charge in [0.15, 0.2) is 0 Å². The molecule has 0 bridgehead atoms. The van der Waals surface area contributed by atoms with E-state index in [0.717, 1.165) is 31.9 Å². The molecule has 1 heterocycles. The summed E-state index contributed by atoms with van der Waals surface area (Å²) in [6.45, 7) is 3.39. The van der Waals surface area contributed by atoms with Crippen LogP contribution in [0.5, 0.6) is 0 Å². The van der Waals surface area contributed by atoms with Crippen molar-refractivity contribution in [3.8, 4) is 0 Å². The summed E-state index contributed by atoms with van der Waals surface area (Å²) in [5, 5.41) is 12.0. The summed E-state index contributed by atoms with van der Waals surface area (Å²) in [5.74, 6) is -0.904. The van der Waals surface area contributed by atoms with Gasteiger partial charge < -0.3 is 20.1 Å². The number of morpholine rings is 1. The number of nitrogens with one attached hydrogen (secondary N) is 1. The third kappa shape index (κ3) is 3.45. The van der Waals surface area contributed by atoms with Crippen LogP contribution in [0, 0.1) is 0 Å². The summed E-state index contributed by atoms with van der Waals surface area (Å²) in [6, 6.07) is 6.74. The molecule has 1 saturated heterocycles. The summed E-state index contributed by atoms with van der Waals surface area (Å²) in [6.07, 6.45) is 0.183. The Hall–Kier alpha value is -1.59. The molecule has 1 aliphatic heterocycles. The normalized spacial score (nSPS) is 20.6. The molecule has 5 heteroatoms. The first-order valence-corrected chi connectivity index (χ1v) is 6.02. The van der Waals surface area contributed by atoms with Crippen molar-refractivity contribution in [2.45, 2.75) is 6.10 Å². The highest BCUT2D eigenvalue weighted by Gasteiger charge is 2.17. The Bertz CT molecular complexity index is 405. The molecule has 0 aliphatic carbocycles. The minimum absolute atomic E-state index is 0.183. The molecule has 1 aromatic carbocycles. The number of carboxylic acid groups (broad SMARTS) is 1. The van der Waals surface area contributed by atoms with Gasteiger partial charge in [0.05, 0.1) is 18.3 Å². The molecule has 1 aliphatic rings. The molecule has 0 radical (unpaired) electrons. The number of anilines is 1. The topological polar surface area (TPSA) is 61.8 Å². The van der Waals surface area contributed by atoms with E-state index in [-0.39, 0.29) is 6.10 Å². The maximum absolute atomic E-state index is 10.7. The molecule has 2 N–H and O–H groups in total. The van der Waals surface area contributed by atoms with Gasteiger partial charge in [0.25, 0.3) is 0 Å². The summed E-state index contributed by atoms with van der Waals surface area (Å²) < 4.78 is 5.63. The molecule has 98 valence electrons. The highest BCUT2D eigenvalue weighted by Crippen LogP contribution is 2.11. The van der Waals surface area contributed by atoms with Gasteiger partial charge in [0.2, 0.25) is 0 Å². The zero-order valence-electron chi connectivity index (χ0n) is 10.4. The maximum atomic E-state index is 10.7. The number of hydrogen-bond donors (Lipinski definition) is 2. The van der Waals surface area contributed by atoms with E-state index in [0.29, 0.717) is 5.56 Å². The Kier molecular flexibility index (Phi) is 4.17. The van der Waals surface area contributed by atoms with Gasteiger partial charge in [-0.05, 0) is 31.3 Å². The van der Waals surface area contributed by atoms with Crippen molar-refractivity contribution in [2.75, 3.05) is 38.6 Å². The van der Waals surface area contributed by atoms with Crippen molar-refractivity contribution < 1.29 is 14.6 Å². The van der Waals surface area contributed by atoms with Gasteiger partial charge >= 0.3 is 5.97 Å². The zero-order chi connectivity index (χ0) is 13.0. The second-order valence-electron chi connectivity index (χ2n) is 4.52. The number of likely N-dealkylation sites (N-methyl/N-ethyl adjacent to an activating group) is 1. The summed E-state index contributed by atoms with van der Waals surface area (Å²) in [4.78, 5) is 12.9. The fourth-order valence-corrected chi connectivity index (χ4v) is 1.95. The average molecular weight is 250 g/mol. The highest BCUT2D eigenvalue weighted by molar-refractivity contribution is 5.87. The molecule has 1 aromatic rings. The van der Waals surface area contributed by atoms with Gasteiger partial charge in [-0.15, -0.1) is 0 Å². The molecule has 0 spiro atoms. The van der Waals surface area contributed by atoms with Crippen molar-refractivity contribution in [3.05, 3.63) is 29.8 Å². The van der Waals surface area contributed by atoms with Crippen molar-refractivity contribution in [1.29, 1.82) is 0 Å². The average Bonchev–Trinajstić information content (AvgIpc) is 2.37. The Morgan fingerprint density at radius 2 is 2.22 bits per heavy atom. The third-order valence-corrected chi connectivity index (χ3v) is 3.01. The first-order chi connectivity index (χ1) is 8.65. The lowest BCUT2D eigenvalue weighted by molar-refractivity contribution is -0.0117. The Morgan fingerprint density at radius 3 is 2.83 bits per heavy atom. The molecule has 18 heavy (non-hydrogen) atoms.